The van der Waals surface area contributed by atoms with Gasteiger partial charge in [0.05, 0.1) is 5.75 Å². The largest absolute Gasteiger partial charge is 0.337 e. The van der Waals surface area contributed by atoms with E-state index in [0.717, 1.165) is 29.1 Å². The van der Waals surface area contributed by atoms with Gasteiger partial charge in [0, 0.05) is 22.3 Å². The van der Waals surface area contributed by atoms with Gasteiger partial charge in [-0.1, -0.05) is 11.8 Å². The number of piperidine rings is 1. The number of rotatable bonds is 3. The molecule has 0 radical (unpaired) electrons. The minimum atomic E-state index is 0.251. The monoisotopic (exact) mass is 375 g/mol. The normalized spacial score (nSPS) is 23.7. The van der Waals surface area contributed by atoms with Crippen LogP contribution in [0.2, 0.25) is 0 Å². The predicted molar refractivity (Wildman–Crippen MR) is 104 cm³/mol. The average molecular weight is 376 g/mol. The molecule has 3 heterocycles. The number of carbonyl (C=O) groups excluding carboxylic acids is 1. The summed E-state index contributed by atoms with van der Waals surface area (Å²) in [6.45, 7) is 4.35. The molecule has 2 unspecified atom stereocenters. The Hall–Kier alpha value is -1.14. The van der Waals surface area contributed by atoms with Crippen LogP contribution < -0.4 is 0 Å². The first-order valence-electron chi connectivity index (χ1n) is 9.34. The molecule has 1 aliphatic heterocycles. The molecule has 6 heteroatoms. The molecular weight excluding hydrogens is 350 g/mol. The number of fused-ring (bicyclic) bond motifs is 3. The summed E-state index contributed by atoms with van der Waals surface area (Å²) in [7, 11) is 0. The maximum absolute atomic E-state index is 12.8. The number of likely N-dealkylation sites (tertiary alicyclic amines) is 1. The molecule has 1 aliphatic carbocycles. The van der Waals surface area contributed by atoms with E-state index in [0.29, 0.717) is 17.8 Å². The van der Waals surface area contributed by atoms with Crippen LogP contribution in [0, 0.1) is 0 Å². The lowest BCUT2D eigenvalue weighted by molar-refractivity contribution is -0.134. The predicted octanol–water partition coefficient (Wildman–Crippen LogP) is 4.45. The molecule has 2 aliphatic rings. The summed E-state index contributed by atoms with van der Waals surface area (Å²) in [4.78, 5) is 26.5. The fraction of sp³-hybridized carbons (Fsp3) is 0.632. The summed E-state index contributed by atoms with van der Waals surface area (Å²) in [5, 5.41) is 2.22. The molecule has 2 atom stereocenters. The van der Waals surface area contributed by atoms with Gasteiger partial charge in [-0.3, -0.25) is 4.79 Å². The van der Waals surface area contributed by atoms with Gasteiger partial charge in [-0.05, 0) is 64.4 Å². The summed E-state index contributed by atoms with van der Waals surface area (Å²) in [5.74, 6) is 0.728. The molecule has 0 spiro atoms. The molecule has 2 aromatic heterocycles. The van der Waals surface area contributed by atoms with Gasteiger partial charge in [-0.2, -0.15) is 0 Å². The van der Waals surface area contributed by atoms with Crippen LogP contribution >= 0.6 is 23.1 Å². The van der Waals surface area contributed by atoms with Crippen LogP contribution in [-0.2, 0) is 17.6 Å². The molecule has 2 aromatic rings. The second-order valence-corrected chi connectivity index (χ2v) is 9.34. The Bertz CT molecular complexity index is 778. The third-order valence-corrected chi connectivity index (χ3v) is 7.70. The minimum absolute atomic E-state index is 0.251. The van der Waals surface area contributed by atoms with Crippen molar-refractivity contribution in [2.75, 3.05) is 5.75 Å². The molecule has 0 bridgehead atoms. The van der Waals surface area contributed by atoms with E-state index in [1.165, 1.54) is 41.5 Å². The van der Waals surface area contributed by atoms with Gasteiger partial charge >= 0.3 is 0 Å². The zero-order chi connectivity index (χ0) is 17.4. The van der Waals surface area contributed by atoms with Gasteiger partial charge in [0.2, 0.25) is 5.91 Å². The number of aryl methyl sites for hydroxylation is 2. The van der Waals surface area contributed by atoms with Crippen LogP contribution in [0.3, 0.4) is 0 Å². The molecular formula is C19H25N3OS2. The van der Waals surface area contributed by atoms with E-state index >= 15 is 0 Å². The first-order valence-corrected chi connectivity index (χ1v) is 11.1. The maximum Gasteiger partial charge on any atom is 0.233 e. The third-order valence-electron chi connectivity index (χ3n) is 5.53. The topological polar surface area (TPSA) is 46.1 Å². The van der Waals surface area contributed by atoms with E-state index in [1.54, 1.807) is 18.1 Å². The van der Waals surface area contributed by atoms with E-state index in [1.807, 2.05) is 11.3 Å². The van der Waals surface area contributed by atoms with Gasteiger partial charge < -0.3 is 4.90 Å². The summed E-state index contributed by atoms with van der Waals surface area (Å²) >= 11 is 3.41. The molecule has 134 valence electrons. The molecule has 1 amide bonds. The zero-order valence-corrected chi connectivity index (χ0v) is 16.6. The highest BCUT2D eigenvalue weighted by Gasteiger charge is 2.29. The number of thioether (sulfide) groups is 1. The van der Waals surface area contributed by atoms with E-state index in [4.69, 9.17) is 0 Å². The van der Waals surface area contributed by atoms with Crippen LogP contribution in [0.5, 0.6) is 0 Å². The maximum atomic E-state index is 12.8. The summed E-state index contributed by atoms with van der Waals surface area (Å²) < 4.78 is 0. The van der Waals surface area contributed by atoms with Gasteiger partial charge in [0.25, 0.3) is 0 Å². The quantitative estimate of drug-likeness (QED) is 0.587. The van der Waals surface area contributed by atoms with E-state index in [2.05, 4.69) is 28.7 Å². The minimum Gasteiger partial charge on any atom is -0.337 e. The number of aromatic nitrogens is 2. The Morgan fingerprint density at radius 3 is 2.76 bits per heavy atom. The van der Waals surface area contributed by atoms with E-state index in [-0.39, 0.29) is 5.91 Å². The van der Waals surface area contributed by atoms with Crippen molar-refractivity contribution in [2.45, 2.75) is 75.9 Å². The number of carbonyl (C=O) groups is 1. The van der Waals surface area contributed by atoms with Gasteiger partial charge in [-0.15, -0.1) is 11.3 Å². The van der Waals surface area contributed by atoms with Crippen LogP contribution in [0.4, 0.5) is 0 Å². The van der Waals surface area contributed by atoms with Crippen LogP contribution in [0.15, 0.2) is 11.4 Å². The fourth-order valence-corrected chi connectivity index (χ4v) is 6.48. The lowest BCUT2D eigenvalue weighted by Gasteiger charge is -2.39. The highest BCUT2D eigenvalue weighted by molar-refractivity contribution is 8.00. The second kappa shape index (κ2) is 7.23. The van der Waals surface area contributed by atoms with Crippen molar-refractivity contribution in [1.82, 2.24) is 14.9 Å². The lowest BCUT2D eigenvalue weighted by Crippen LogP contribution is -2.48. The Balaban J connectivity index is 1.55. The Morgan fingerprint density at radius 1 is 1.20 bits per heavy atom. The fourth-order valence-electron chi connectivity index (χ4n) is 4.29. The lowest BCUT2D eigenvalue weighted by atomic mass is 9.97. The van der Waals surface area contributed by atoms with Crippen molar-refractivity contribution in [2.24, 2.45) is 0 Å². The standard InChI is InChI=1S/C19H25N3OS2/c1-12-6-5-7-13(2)22(12)16(23)10-24-18-17-14-8-3-4-9-15(14)25-19(17)21-11-20-18/h11-13H,3-10H2,1-2H3. The first-order chi connectivity index (χ1) is 12.1. The van der Waals surface area contributed by atoms with E-state index in [9.17, 15) is 4.79 Å². The molecule has 0 saturated carbocycles. The number of hydrogen-bond acceptors (Lipinski definition) is 5. The van der Waals surface area contributed by atoms with Gasteiger partial charge in [-0.25, -0.2) is 9.97 Å². The molecule has 1 fully saturated rings. The Kier molecular flexibility index (Phi) is 5.00. The number of amides is 1. The molecule has 1 saturated heterocycles. The Labute approximate surface area is 157 Å². The molecule has 4 rings (SSSR count). The van der Waals surface area contributed by atoms with Crippen LogP contribution in [0.1, 0.15) is 56.4 Å². The average Bonchev–Trinajstić information content (AvgIpc) is 2.99. The number of thiophene rings is 1. The molecule has 25 heavy (non-hydrogen) atoms. The van der Waals surface area contributed by atoms with Crippen molar-refractivity contribution >= 4 is 39.2 Å². The smallest absolute Gasteiger partial charge is 0.233 e. The second-order valence-electron chi connectivity index (χ2n) is 7.29. The van der Waals surface area contributed by atoms with Crippen molar-refractivity contribution in [3.8, 4) is 0 Å². The van der Waals surface area contributed by atoms with Crippen molar-refractivity contribution in [3.63, 3.8) is 0 Å². The highest BCUT2D eigenvalue weighted by Crippen LogP contribution is 2.39. The van der Waals surface area contributed by atoms with Crippen LogP contribution in [-0.4, -0.2) is 38.6 Å². The highest BCUT2D eigenvalue weighted by atomic mass is 32.2. The number of hydrogen-bond donors (Lipinski definition) is 0. The van der Waals surface area contributed by atoms with Crippen molar-refractivity contribution < 1.29 is 4.79 Å². The zero-order valence-electron chi connectivity index (χ0n) is 15.0. The van der Waals surface area contributed by atoms with Crippen LogP contribution in [0.25, 0.3) is 10.2 Å². The Morgan fingerprint density at radius 2 is 1.96 bits per heavy atom. The van der Waals surface area contributed by atoms with Gasteiger partial charge in [0.15, 0.2) is 0 Å². The molecule has 4 nitrogen and oxygen atoms in total. The number of nitrogens with zero attached hydrogens (tertiary/aromatic N) is 3. The summed E-state index contributed by atoms with van der Waals surface area (Å²) in [6, 6.07) is 0.715. The third kappa shape index (κ3) is 3.31. The first kappa shape index (κ1) is 17.3. The SMILES string of the molecule is CC1CCCC(C)N1C(=O)CSc1ncnc2sc3c(c12)CCCC3. The summed E-state index contributed by atoms with van der Waals surface area (Å²) in [6.07, 6.45) is 9.95. The summed E-state index contributed by atoms with van der Waals surface area (Å²) in [5.41, 5.74) is 1.45. The van der Waals surface area contributed by atoms with Crippen molar-refractivity contribution in [1.29, 1.82) is 0 Å². The molecule has 0 N–H and O–H groups in total. The van der Waals surface area contributed by atoms with E-state index < -0.39 is 0 Å². The van der Waals surface area contributed by atoms with Crippen molar-refractivity contribution in [3.05, 3.63) is 16.8 Å². The molecule has 0 aromatic carbocycles. The van der Waals surface area contributed by atoms with Gasteiger partial charge in [0.1, 0.15) is 16.2 Å².